The van der Waals surface area contributed by atoms with Crippen molar-refractivity contribution in [3.63, 3.8) is 0 Å². The average Bonchev–Trinajstić information content (AvgIpc) is 0.811. The van der Waals surface area contributed by atoms with E-state index >= 15 is 0 Å². The minimum absolute atomic E-state index is 0.404. The Morgan fingerprint density at radius 1 is 0.369 bits per heavy atom. The number of ether oxygens (including phenoxy) is 1. The number of benzene rings is 7. The Morgan fingerprint density at radius 2 is 0.667 bits per heavy atom. The monoisotopic (exact) mass is 1240 g/mol. The van der Waals surface area contributed by atoms with Crippen molar-refractivity contribution in [2.45, 2.75) is 60.9 Å². The van der Waals surface area contributed by atoms with Crippen LogP contribution >= 0.6 is 12.6 Å². The zero-order valence-corrected chi connectivity index (χ0v) is 42.0. The highest BCUT2D eigenvalue weighted by Gasteiger charge is 2.47. The number of carbonyl (C=O) groups excluding carboxylic acids is 1. The highest BCUT2D eigenvalue weighted by molar-refractivity contribution is 7.80. The van der Waals surface area contributed by atoms with E-state index in [0.29, 0.717) is 22.9 Å². The molecular formula is C55H30BF24NO2S. The van der Waals surface area contributed by atoms with Crippen LogP contribution in [0, 0.1) is 0 Å². The molecule has 1 heterocycles. The Morgan fingerprint density at radius 3 is 0.988 bits per heavy atom. The lowest BCUT2D eigenvalue weighted by Gasteiger charge is -2.46. The van der Waals surface area contributed by atoms with E-state index in [2.05, 4.69) is 12.6 Å². The Kier molecular flexibility index (Phi) is 17.2. The number of hydrogen-bond donors (Lipinski definition) is 1. The number of para-hydroxylation sites is 2. The van der Waals surface area contributed by atoms with Gasteiger partial charge in [-0.25, -0.2) is 4.79 Å². The number of pyridine rings is 1. The van der Waals surface area contributed by atoms with Gasteiger partial charge >= 0.3 is 55.4 Å². The molecule has 8 aromatic rings. The van der Waals surface area contributed by atoms with Crippen molar-refractivity contribution in [1.82, 2.24) is 0 Å². The molecule has 8 rings (SSSR count). The first-order valence-corrected chi connectivity index (χ1v) is 23.7. The zero-order valence-electron chi connectivity index (χ0n) is 41.2. The van der Waals surface area contributed by atoms with Gasteiger partial charge in [0.05, 0.1) is 44.5 Å². The number of nitrogens with zero attached hydrogens (tertiary/aromatic N) is 1. The fraction of sp³-hybridized carbons (Fsp3) is 0.164. The molecule has 444 valence electrons. The summed E-state index contributed by atoms with van der Waals surface area (Å²) in [4.78, 5) is 13.6. The van der Waals surface area contributed by atoms with E-state index in [9.17, 15) is 110 Å². The second kappa shape index (κ2) is 22.6. The second-order valence-electron chi connectivity index (χ2n) is 18.4. The fourth-order valence-electron chi connectivity index (χ4n) is 9.14. The molecule has 0 radical (unpaired) electrons. The van der Waals surface area contributed by atoms with Gasteiger partial charge in [0.25, 0.3) is 5.69 Å². The molecule has 84 heavy (non-hydrogen) atoms. The maximum atomic E-state index is 14.2. The molecule has 0 unspecified atom stereocenters. The van der Waals surface area contributed by atoms with Gasteiger partial charge in [-0.15, -0.1) is 12.6 Å². The highest BCUT2D eigenvalue weighted by Crippen LogP contribution is 2.42. The Labute approximate surface area is 462 Å². The third-order valence-electron chi connectivity index (χ3n) is 12.8. The van der Waals surface area contributed by atoms with Crippen molar-refractivity contribution < 1.29 is 119 Å². The van der Waals surface area contributed by atoms with E-state index in [1.165, 1.54) is 0 Å². The maximum absolute atomic E-state index is 14.2. The number of carbonyl (C=O) groups is 1. The number of alkyl halides is 24. The van der Waals surface area contributed by atoms with Gasteiger partial charge in [-0.2, -0.15) is 132 Å². The molecule has 1 aromatic heterocycles. The van der Waals surface area contributed by atoms with Gasteiger partial charge < -0.3 is 4.74 Å². The van der Waals surface area contributed by atoms with Gasteiger partial charge in [0.2, 0.25) is 5.52 Å². The SMILES string of the molecule is FC(F)(F)c1cc([B-](c2cc(C(F)(F)F)cc(C(F)(F)F)c2)(c2cc(C(F)(F)F)cc(C(F)(F)F)c2)c2cc(C(F)(F)F)cc(C(F)(F)F)c2)cc(C(F)(F)F)c1.O=C(Oc1ccccc1S)c1ccc2ccccc2[n+]1Cc1ccccc1. The predicted molar refractivity (Wildman–Crippen MR) is 258 cm³/mol. The van der Waals surface area contributed by atoms with Crippen LogP contribution in [0.15, 0.2) is 169 Å². The highest BCUT2D eigenvalue weighted by atomic mass is 32.1. The largest absolute Gasteiger partial charge is 0.417 e. The zero-order chi connectivity index (χ0) is 62.6. The molecule has 0 atom stereocenters. The van der Waals surface area contributed by atoms with E-state index < -0.39 is 201 Å². The van der Waals surface area contributed by atoms with Gasteiger partial charge in [0, 0.05) is 28.0 Å². The summed E-state index contributed by atoms with van der Waals surface area (Å²) in [5, 5.41) is 1.07. The molecule has 0 bridgehead atoms. The summed E-state index contributed by atoms with van der Waals surface area (Å²) in [6.45, 7) is 0.579. The van der Waals surface area contributed by atoms with E-state index in [1.807, 2.05) is 83.4 Å². The maximum Gasteiger partial charge on any atom is 0.416 e. The molecule has 29 heteroatoms. The summed E-state index contributed by atoms with van der Waals surface area (Å²) in [6, 6.07) is 20.2. The van der Waals surface area contributed by atoms with Crippen LogP contribution in [0.25, 0.3) is 10.9 Å². The van der Waals surface area contributed by atoms with Gasteiger partial charge in [-0.3, -0.25) is 0 Å². The minimum Gasteiger partial charge on any atom is -0.417 e. The van der Waals surface area contributed by atoms with Crippen LogP contribution in [0.3, 0.4) is 0 Å². The number of thiol groups is 1. The molecule has 0 aliphatic heterocycles. The van der Waals surface area contributed by atoms with Gasteiger partial charge in [-0.05, 0) is 48.5 Å². The van der Waals surface area contributed by atoms with Crippen LogP contribution < -0.4 is 31.2 Å². The lowest BCUT2D eigenvalue weighted by molar-refractivity contribution is -0.664. The Balaban J connectivity index is 0.000000309. The summed E-state index contributed by atoms with van der Waals surface area (Å²) in [7, 11) is 0. The van der Waals surface area contributed by atoms with Crippen LogP contribution in [-0.4, -0.2) is 12.1 Å². The lowest BCUT2D eigenvalue weighted by Crippen LogP contribution is -2.75. The topological polar surface area (TPSA) is 30.2 Å². The number of halogens is 24. The molecular weight excluding hydrogens is 1210 g/mol. The van der Waals surface area contributed by atoms with Crippen molar-refractivity contribution in [2.75, 3.05) is 0 Å². The third kappa shape index (κ3) is 14.2. The van der Waals surface area contributed by atoms with Gasteiger partial charge in [0.15, 0.2) is 6.54 Å². The first-order chi connectivity index (χ1) is 38.5. The lowest BCUT2D eigenvalue weighted by atomic mass is 9.12. The predicted octanol–water partition coefficient (Wildman–Crippen LogP) is 15.9. The van der Waals surface area contributed by atoms with Crippen molar-refractivity contribution in [2.24, 2.45) is 0 Å². The Hall–Kier alpha value is -7.85. The van der Waals surface area contributed by atoms with Crippen LogP contribution in [0.2, 0.25) is 0 Å². The van der Waals surface area contributed by atoms with E-state index in [1.54, 1.807) is 12.1 Å². The number of hydrogen-bond acceptors (Lipinski definition) is 3. The first-order valence-electron chi connectivity index (χ1n) is 23.3. The molecule has 0 fully saturated rings. The molecule has 0 N–H and O–H groups in total. The summed E-state index contributed by atoms with van der Waals surface area (Å²) in [5.41, 5.74) is -27.6. The van der Waals surface area contributed by atoms with Crippen molar-refractivity contribution >= 4 is 57.5 Å². The van der Waals surface area contributed by atoms with Gasteiger partial charge in [0.1, 0.15) is 11.9 Å². The molecule has 0 spiro atoms. The van der Waals surface area contributed by atoms with E-state index in [-0.39, 0.29) is 0 Å². The molecule has 0 aliphatic rings. The minimum atomic E-state index is -6.13. The molecule has 0 amide bonds. The standard InChI is InChI=1S/C32H12BF24.C23H17NO2S/c34-25(35,36)13-1-14(26(37,38)39)6-21(5-13)33(22-7-15(27(40,41)42)2-16(8-22)28(43,44)45,23-9-17(29(46,47)48)3-18(10-23)30(49,50)51)24-11-19(31(52,53)54)4-20(12-24)32(55,56)57;25-23(26-21-12-6-7-13-22(21)27)20-15-14-18-10-4-5-11-19(18)24(20)16-17-8-2-1-3-9-17/h1-12H;1-15H,16H2/q-1;/p+1. The number of esters is 1. The van der Waals surface area contributed by atoms with Crippen LogP contribution in [0.1, 0.15) is 60.6 Å². The molecule has 0 saturated carbocycles. The quantitative estimate of drug-likeness (QED) is 0.0410. The normalized spacial score (nSPS) is 13.2. The van der Waals surface area contributed by atoms with E-state index in [0.717, 1.165) is 16.5 Å². The van der Waals surface area contributed by atoms with E-state index in [4.69, 9.17) is 4.74 Å². The third-order valence-corrected chi connectivity index (χ3v) is 13.2. The van der Waals surface area contributed by atoms with Crippen LogP contribution in [-0.2, 0) is 56.0 Å². The average molecular weight is 1240 g/mol. The number of aromatic nitrogens is 1. The summed E-state index contributed by atoms with van der Waals surface area (Å²) < 4.78 is 348. The Bertz CT molecular complexity index is 3290. The van der Waals surface area contributed by atoms with Crippen molar-refractivity contribution in [1.29, 1.82) is 0 Å². The second-order valence-corrected chi connectivity index (χ2v) is 18.9. The number of rotatable bonds is 8. The summed E-state index contributed by atoms with van der Waals surface area (Å²) >= 11 is 4.37. The first kappa shape index (κ1) is 63.7. The molecule has 0 saturated heterocycles. The summed E-state index contributed by atoms with van der Waals surface area (Å²) in [6.07, 6.45) is -54.8. The van der Waals surface area contributed by atoms with Crippen molar-refractivity contribution in [3.05, 3.63) is 220 Å². The molecule has 0 aliphatic carbocycles. The van der Waals surface area contributed by atoms with Gasteiger partial charge in [-0.1, -0.05) is 103 Å². The van der Waals surface area contributed by atoms with Crippen LogP contribution in [0.4, 0.5) is 105 Å². The summed E-state index contributed by atoms with van der Waals surface area (Å²) in [5.74, 6) is 0.0448. The smallest absolute Gasteiger partial charge is 0.416 e. The van der Waals surface area contributed by atoms with Crippen LogP contribution in [0.5, 0.6) is 5.75 Å². The fourth-order valence-corrected chi connectivity index (χ4v) is 9.35. The van der Waals surface area contributed by atoms with Crippen molar-refractivity contribution in [3.8, 4) is 5.75 Å². The molecule has 3 nitrogen and oxygen atoms in total. The molecule has 7 aromatic carbocycles. The number of fused-ring (bicyclic) bond motifs is 1.